The fraction of sp³-hybridized carbons (Fsp3) is 0.933. The highest BCUT2D eigenvalue weighted by molar-refractivity contribution is 5.80. The number of morpholine rings is 1. The summed E-state index contributed by atoms with van der Waals surface area (Å²) in [5.74, 6) is -0.371. The second-order valence-corrected chi connectivity index (χ2v) is 6.89. The lowest BCUT2D eigenvalue weighted by Gasteiger charge is -2.42. The molecule has 0 spiro atoms. The van der Waals surface area contributed by atoms with E-state index < -0.39 is 11.5 Å². The van der Waals surface area contributed by atoms with Crippen molar-refractivity contribution in [2.45, 2.75) is 63.3 Å². The van der Waals surface area contributed by atoms with Crippen molar-refractivity contribution in [2.75, 3.05) is 19.7 Å². The minimum absolute atomic E-state index is 0.192. The zero-order chi connectivity index (χ0) is 14.3. The third kappa shape index (κ3) is 2.85. The van der Waals surface area contributed by atoms with Gasteiger partial charge in [0.1, 0.15) is 5.54 Å². The van der Waals surface area contributed by atoms with Gasteiger partial charge in [0, 0.05) is 25.2 Å². The molecule has 2 saturated carbocycles. The van der Waals surface area contributed by atoms with Crippen molar-refractivity contribution in [3.63, 3.8) is 0 Å². The summed E-state index contributed by atoms with van der Waals surface area (Å²) in [6.45, 7) is 6.33. The standard InChI is InChI=1S/C15H26N2O3/c1-10-8-20-11(2)7-17(10)9-15(14(18)19,12-3-4-12)16-13-5-6-13/h10-13,16H,3-9H2,1-2H3,(H,18,19). The summed E-state index contributed by atoms with van der Waals surface area (Å²) in [4.78, 5) is 14.3. The van der Waals surface area contributed by atoms with Gasteiger partial charge in [-0.05, 0) is 45.4 Å². The lowest BCUT2D eigenvalue weighted by atomic mass is 9.91. The van der Waals surface area contributed by atoms with Gasteiger partial charge in [0.2, 0.25) is 0 Å². The van der Waals surface area contributed by atoms with Crippen LogP contribution in [0.3, 0.4) is 0 Å². The smallest absolute Gasteiger partial charge is 0.325 e. The minimum atomic E-state index is -0.744. The molecule has 0 aromatic rings. The Labute approximate surface area is 120 Å². The Hall–Kier alpha value is -0.650. The van der Waals surface area contributed by atoms with Gasteiger partial charge >= 0.3 is 5.97 Å². The van der Waals surface area contributed by atoms with Gasteiger partial charge in [0.15, 0.2) is 0 Å². The van der Waals surface area contributed by atoms with E-state index in [0.29, 0.717) is 31.2 Å². The van der Waals surface area contributed by atoms with Crippen molar-refractivity contribution in [3.05, 3.63) is 0 Å². The predicted octanol–water partition coefficient (Wildman–Crippen LogP) is 1.08. The Balaban J connectivity index is 1.75. The minimum Gasteiger partial charge on any atom is -0.480 e. The van der Waals surface area contributed by atoms with E-state index in [1.807, 2.05) is 0 Å². The Morgan fingerprint density at radius 2 is 2.05 bits per heavy atom. The highest BCUT2D eigenvalue weighted by Crippen LogP contribution is 2.42. The quantitative estimate of drug-likeness (QED) is 0.763. The Bertz CT molecular complexity index is 381. The van der Waals surface area contributed by atoms with Crippen LogP contribution in [-0.4, -0.2) is 59.4 Å². The average molecular weight is 282 g/mol. The number of nitrogens with zero attached hydrogens (tertiary/aromatic N) is 1. The highest BCUT2D eigenvalue weighted by atomic mass is 16.5. The summed E-state index contributed by atoms with van der Waals surface area (Å²) < 4.78 is 5.66. The van der Waals surface area contributed by atoms with Gasteiger partial charge in [-0.25, -0.2) is 0 Å². The Kier molecular flexibility index (Phi) is 3.77. The summed E-state index contributed by atoms with van der Waals surface area (Å²) in [7, 11) is 0. The number of carboxylic acids is 1. The topological polar surface area (TPSA) is 61.8 Å². The number of rotatable bonds is 6. The first kappa shape index (κ1) is 14.3. The van der Waals surface area contributed by atoms with E-state index in [2.05, 4.69) is 24.1 Å². The van der Waals surface area contributed by atoms with Crippen molar-refractivity contribution in [2.24, 2.45) is 5.92 Å². The molecule has 3 atom stereocenters. The van der Waals surface area contributed by atoms with Crippen molar-refractivity contribution < 1.29 is 14.6 Å². The molecule has 1 heterocycles. The van der Waals surface area contributed by atoms with E-state index in [1.54, 1.807) is 0 Å². The molecule has 0 aromatic carbocycles. The summed E-state index contributed by atoms with van der Waals surface area (Å²) >= 11 is 0. The highest BCUT2D eigenvalue weighted by Gasteiger charge is 2.54. The molecule has 2 aliphatic carbocycles. The normalized spacial score (nSPS) is 34.7. The Morgan fingerprint density at radius 3 is 2.60 bits per heavy atom. The zero-order valence-corrected chi connectivity index (χ0v) is 12.5. The van der Waals surface area contributed by atoms with Crippen LogP contribution in [0.4, 0.5) is 0 Å². The van der Waals surface area contributed by atoms with Crippen LogP contribution in [-0.2, 0) is 9.53 Å². The van der Waals surface area contributed by atoms with E-state index in [0.717, 1.165) is 32.2 Å². The number of carboxylic acid groups (broad SMARTS) is 1. The van der Waals surface area contributed by atoms with Crippen LogP contribution in [0.2, 0.25) is 0 Å². The maximum Gasteiger partial charge on any atom is 0.325 e. The van der Waals surface area contributed by atoms with E-state index in [1.165, 1.54) is 0 Å². The van der Waals surface area contributed by atoms with Crippen molar-refractivity contribution in [3.8, 4) is 0 Å². The van der Waals surface area contributed by atoms with Crippen molar-refractivity contribution in [1.29, 1.82) is 0 Å². The fourth-order valence-corrected chi connectivity index (χ4v) is 3.28. The molecule has 3 aliphatic rings. The molecule has 0 radical (unpaired) electrons. The van der Waals surface area contributed by atoms with Gasteiger partial charge < -0.3 is 9.84 Å². The molecule has 3 rings (SSSR count). The lowest BCUT2D eigenvalue weighted by molar-refractivity contribution is -0.149. The molecule has 2 N–H and O–H groups in total. The number of ether oxygens (including phenoxy) is 1. The van der Waals surface area contributed by atoms with Crippen LogP contribution in [0, 0.1) is 5.92 Å². The second kappa shape index (κ2) is 5.28. The first-order valence-electron chi connectivity index (χ1n) is 7.88. The van der Waals surface area contributed by atoms with E-state index in [4.69, 9.17) is 4.74 Å². The third-order valence-corrected chi connectivity index (χ3v) is 4.88. The molecule has 5 heteroatoms. The zero-order valence-electron chi connectivity index (χ0n) is 12.5. The molecule has 5 nitrogen and oxygen atoms in total. The van der Waals surface area contributed by atoms with E-state index >= 15 is 0 Å². The van der Waals surface area contributed by atoms with Crippen LogP contribution in [0.5, 0.6) is 0 Å². The molecule has 1 aliphatic heterocycles. The number of hydrogen-bond donors (Lipinski definition) is 2. The van der Waals surface area contributed by atoms with Crippen molar-refractivity contribution >= 4 is 5.97 Å². The van der Waals surface area contributed by atoms with Crippen LogP contribution in [0.15, 0.2) is 0 Å². The summed E-state index contributed by atoms with van der Waals surface area (Å²) in [6.07, 6.45) is 4.52. The number of nitrogens with one attached hydrogen (secondary N) is 1. The molecular weight excluding hydrogens is 256 g/mol. The van der Waals surface area contributed by atoms with Crippen LogP contribution >= 0.6 is 0 Å². The molecular formula is C15H26N2O3. The van der Waals surface area contributed by atoms with Gasteiger partial charge in [-0.15, -0.1) is 0 Å². The lowest BCUT2D eigenvalue weighted by Crippen LogP contribution is -2.64. The predicted molar refractivity (Wildman–Crippen MR) is 75.7 cm³/mol. The average Bonchev–Trinajstić information content (AvgIpc) is 3.25. The molecule has 1 saturated heterocycles. The van der Waals surface area contributed by atoms with Crippen LogP contribution in [0.25, 0.3) is 0 Å². The van der Waals surface area contributed by atoms with Crippen LogP contribution < -0.4 is 5.32 Å². The second-order valence-electron chi connectivity index (χ2n) is 6.89. The summed E-state index contributed by atoms with van der Waals surface area (Å²) in [5.41, 5.74) is -0.744. The van der Waals surface area contributed by atoms with Gasteiger partial charge in [-0.3, -0.25) is 15.0 Å². The number of aliphatic carboxylic acids is 1. The summed E-state index contributed by atoms with van der Waals surface area (Å²) in [6, 6.07) is 0.713. The van der Waals surface area contributed by atoms with Crippen molar-refractivity contribution in [1.82, 2.24) is 10.2 Å². The molecule has 3 fully saturated rings. The van der Waals surface area contributed by atoms with Gasteiger partial charge in [0.25, 0.3) is 0 Å². The van der Waals surface area contributed by atoms with Crippen LogP contribution in [0.1, 0.15) is 39.5 Å². The molecule has 0 bridgehead atoms. The van der Waals surface area contributed by atoms with E-state index in [-0.39, 0.29) is 6.10 Å². The molecule has 114 valence electrons. The maximum absolute atomic E-state index is 12.0. The third-order valence-electron chi connectivity index (χ3n) is 4.88. The molecule has 0 aromatic heterocycles. The molecule has 20 heavy (non-hydrogen) atoms. The fourth-order valence-electron chi connectivity index (χ4n) is 3.28. The van der Waals surface area contributed by atoms with E-state index in [9.17, 15) is 9.90 Å². The monoisotopic (exact) mass is 282 g/mol. The summed E-state index contributed by atoms with van der Waals surface area (Å²) in [5, 5.41) is 13.3. The van der Waals surface area contributed by atoms with Gasteiger partial charge in [0.05, 0.1) is 12.7 Å². The number of hydrogen-bond acceptors (Lipinski definition) is 4. The maximum atomic E-state index is 12.0. The SMILES string of the molecule is CC1CN(CC(NC2CC2)(C(=O)O)C2CC2)C(C)CO1. The molecule has 3 unspecified atom stereocenters. The van der Waals surface area contributed by atoms with Gasteiger partial charge in [-0.1, -0.05) is 0 Å². The molecule has 0 amide bonds. The number of carbonyl (C=O) groups is 1. The first-order valence-corrected chi connectivity index (χ1v) is 7.88. The first-order chi connectivity index (χ1) is 9.51. The Morgan fingerprint density at radius 1 is 1.35 bits per heavy atom. The largest absolute Gasteiger partial charge is 0.480 e. The van der Waals surface area contributed by atoms with Gasteiger partial charge in [-0.2, -0.15) is 0 Å².